The molecule has 1 aromatic heterocycles. The van der Waals surface area contributed by atoms with Gasteiger partial charge in [0.05, 0.1) is 20.5 Å². The zero-order valence-corrected chi connectivity index (χ0v) is 17.9. The third-order valence-electron chi connectivity index (χ3n) is 3.81. The van der Waals surface area contributed by atoms with Gasteiger partial charge in [-0.25, -0.2) is 18.8 Å². The average Bonchev–Trinajstić information content (AvgIpc) is 3.14. The lowest BCUT2D eigenvalue weighted by molar-refractivity contribution is 0.0954. The van der Waals surface area contributed by atoms with Gasteiger partial charge in [-0.05, 0) is 56.3 Å². The van der Waals surface area contributed by atoms with Crippen molar-refractivity contribution in [2.75, 3.05) is 4.72 Å². The molecule has 0 fully saturated rings. The predicted molar refractivity (Wildman–Crippen MR) is 115 cm³/mol. The van der Waals surface area contributed by atoms with Crippen LogP contribution in [0.4, 0.5) is 5.69 Å². The molecule has 7 nitrogen and oxygen atoms in total. The van der Waals surface area contributed by atoms with Gasteiger partial charge >= 0.3 is 0 Å². The predicted octanol–water partition coefficient (Wildman–Crippen LogP) is 4.06. The van der Waals surface area contributed by atoms with Gasteiger partial charge < -0.3 is 0 Å². The van der Waals surface area contributed by atoms with Gasteiger partial charge in [-0.3, -0.25) is 9.52 Å². The average molecular weight is 449 g/mol. The Labute approximate surface area is 177 Å². The van der Waals surface area contributed by atoms with Gasteiger partial charge in [-0.2, -0.15) is 5.10 Å². The molecule has 3 rings (SSSR count). The molecule has 0 spiro atoms. The number of rotatable bonds is 6. The first-order valence-electron chi connectivity index (χ1n) is 8.40. The van der Waals surface area contributed by atoms with E-state index in [0.717, 1.165) is 9.88 Å². The topological polar surface area (TPSA) is 101 Å². The number of hydrogen-bond donors (Lipinski definition) is 2. The Morgan fingerprint density at radius 1 is 1.17 bits per heavy atom. The van der Waals surface area contributed by atoms with E-state index in [1.807, 2.05) is 6.92 Å². The summed E-state index contributed by atoms with van der Waals surface area (Å²) in [4.78, 5) is 17.3. The Kier molecular flexibility index (Phi) is 6.31. The Bertz CT molecular complexity index is 1170. The molecule has 1 amide bonds. The molecule has 0 unspecified atom stereocenters. The molecular formula is C19H17ClN4O3S2. The highest BCUT2D eigenvalue weighted by Gasteiger charge is 2.16. The number of hydrogen-bond acceptors (Lipinski definition) is 6. The molecule has 29 heavy (non-hydrogen) atoms. The number of halogens is 1. The van der Waals surface area contributed by atoms with Gasteiger partial charge in [0.2, 0.25) is 0 Å². The molecule has 2 aromatic carbocycles. The van der Waals surface area contributed by atoms with E-state index in [0.29, 0.717) is 16.4 Å². The summed E-state index contributed by atoms with van der Waals surface area (Å²) in [5.74, 6) is -0.519. The number of anilines is 1. The van der Waals surface area contributed by atoms with Crippen molar-refractivity contribution < 1.29 is 13.2 Å². The molecule has 0 atom stereocenters. The lowest BCUT2D eigenvalue weighted by Crippen LogP contribution is -2.20. The first-order chi connectivity index (χ1) is 13.7. The van der Waals surface area contributed by atoms with E-state index in [1.165, 1.54) is 35.6 Å². The minimum Gasteiger partial charge on any atom is -0.280 e. The van der Waals surface area contributed by atoms with E-state index >= 15 is 0 Å². The summed E-state index contributed by atoms with van der Waals surface area (Å²) in [6.07, 6.45) is 1.68. The van der Waals surface area contributed by atoms with E-state index < -0.39 is 15.9 Å². The zero-order chi connectivity index (χ0) is 21.0. The number of sulfonamides is 1. The Morgan fingerprint density at radius 2 is 1.90 bits per heavy atom. The maximum Gasteiger partial charge on any atom is 0.271 e. The van der Waals surface area contributed by atoms with Gasteiger partial charge in [-0.1, -0.05) is 17.7 Å². The Balaban J connectivity index is 1.75. The van der Waals surface area contributed by atoms with Crippen LogP contribution in [0.15, 0.2) is 64.7 Å². The smallest absolute Gasteiger partial charge is 0.271 e. The third-order valence-corrected chi connectivity index (χ3v) is 6.46. The van der Waals surface area contributed by atoms with Gasteiger partial charge in [0.15, 0.2) is 0 Å². The number of aromatic nitrogens is 1. The maximum absolute atomic E-state index is 12.6. The molecule has 0 bridgehead atoms. The molecule has 3 aromatic rings. The van der Waals surface area contributed by atoms with Crippen molar-refractivity contribution in [1.82, 2.24) is 10.4 Å². The molecule has 10 heteroatoms. The summed E-state index contributed by atoms with van der Waals surface area (Å²) < 4.78 is 27.7. The van der Waals surface area contributed by atoms with Gasteiger partial charge in [0.25, 0.3) is 15.9 Å². The first kappa shape index (κ1) is 21.0. The molecule has 0 aliphatic rings. The highest BCUT2D eigenvalue weighted by Crippen LogP contribution is 2.19. The van der Waals surface area contributed by atoms with Crippen LogP contribution in [0.2, 0.25) is 5.02 Å². The number of amides is 1. The molecule has 0 saturated heterocycles. The number of benzene rings is 2. The molecule has 2 N–H and O–H groups in total. The quantitative estimate of drug-likeness (QED) is 0.438. The van der Waals surface area contributed by atoms with Crippen molar-refractivity contribution >= 4 is 50.3 Å². The summed E-state index contributed by atoms with van der Waals surface area (Å²) in [6, 6.07) is 12.0. The SMILES string of the molecule is C/C(=N\NC(=O)c1cccc(S(=O)(=O)Nc2ccc(Cl)cc2)c1)c1cnc(C)s1. The van der Waals surface area contributed by atoms with Crippen LogP contribution in [0.3, 0.4) is 0 Å². The summed E-state index contributed by atoms with van der Waals surface area (Å²) in [5.41, 5.74) is 3.58. The second kappa shape index (κ2) is 8.73. The van der Waals surface area contributed by atoms with Crippen LogP contribution in [0, 0.1) is 6.92 Å². The van der Waals surface area contributed by atoms with Crippen molar-refractivity contribution in [3.8, 4) is 0 Å². The minimum absolute atomic E-state index is 0.0427. The van der Waals surface area contributed by atoms with Crippen LogP contribution in [-0.4, -0.2) is 25.0 Å². The van der Waals surface area contributed by atoms with Crippen LogP contribution < -0.4 is 10.1 Å². The fourth-order valence-electron chi connectivity index (χ4n) is 2.32. The Morgan fingerprint density at radius 3 is 2.55 bits per heavy atom. The number of aryl methyl sites for hydroxylation is 1. The summed E-state index contributed by atoms with van der Waals surface area (Å²) in [5, 5.41) is 5.45. The zero-order valence-electron chi connectivity index (χ0n) is 15.5. The second-order valence-corrected chi connectivity index (χ2v) is 9.38. The molecule has 150 valence electrons. The third kappa shape index (κ3) is 5.41. The van der Waals surface area contributed by atoms with Crippen LogP contribution in [0.5, 0.6) is 0 Å². The summed E-state index contributed by atoms with van der Waals surface area (Å²) in [6.45, 7) is 3.63. The van der Waals surface area contributed by atoms with E-state index in [2.05, 4.69) is 20.2 Å². The van der Waals surface area contributed by atoms with E-state index in [9.17, 15) is 13.2 Å². The maximum atomic E-state index is 12.6. The van der Waals surface area contributed by atoms with E-state index in [4.69, 9.17) is 11.6 Å². The van der Waals surface area contributed by atoms with E-state index in [-0.39, 0.29) is 10.5 Å². The number of carbonyl (C=O) groups is 1. The van der Waals surface area contributed by atoms with Crippen molar-refractivity contribution in [2.45, 2.75) is 18.7 Å². The standard InChI is InChI=1S/C19H17ClN4O3S2/c1-12(18-11-21-13(2)28-18)22-23-19(25)14-4-3-5-17(10-14)29(26,27)24-16-8-6-15(20)7-9-16/h3-11,24H,1-2H3,(H,23,25)/b22-12+. The number of carbonyl (C=O) groups excluding carboxylic acids is 1. The van der Waals surface area contributed by atoms with Crippen LogP contribution in [0.1, 0.15) is 27.2 Å². The van der Waals surface area contributed by atoms with Gasteiger partial charge in [-0.15, -0.1) is 11.3 Å². The number of nitrogens with one attached hydrogen (secondary N) is 2. The normalized spacial score (nSPS) is 11.9. The van der Waals surface area contributed by atoms with Crippen molar-refractivity contribution in [3.05, 3.63) is 75.2 Å². The molecule has 0 aliphatic carbocycles. The van der Waals surface area contributed by atoms with Crippen LogP contribution >= 0.6 is 22.9 Å². The molecular weight excluding hydrogens is 432 g/mol. The van der Waals surface area contributed by atoms with E-state index in [1.54, 1.807) is 37.4 Å². The minimum atomic E-state index is -3.87. The Hall–Kier alpha value is -2.75. The van der Waals surface area contributed by atoms with Crippen molar-refractivity contribution in [2.24, 2.45) is 5.10 Å². The highest BCUT2D eigenvalue weighted by molar-refractivity contribution is 7.92. The number of nitrogens with zero attached hydrogens (tertiary/aromatic N) is 2. The highest BCUT2D eigenvalue weighted by atomic mass is 35.5. The lowest BCUT2D eigenvalue weighted by atomic mass is 10.2. The van der Waals surface area contributed by atoms with Crippen molar-refractivity contribution in [1.29, 1.82) is 0 Å². The van der Waals surface area contributed by atoms with Gasteiger partial charge in [0.1, 0.15) is 0 Å². The molecule has 0 saturated carbocycles. The van der Waals surface area contributed by atoms with Crippen LogP contribution in [0.25, 0.3) is 0 Å². The lowest BCUT2D eigenvalue weighted by Gasteiger charge is -2.09. The monoisotopic (exact) mass is 448 g/mol. The van der Waals surface area contributed by atoms with Gasteiger partial charge in [0, 0.05) is 22.5 Å². The number of hydrazone groups is 1. The molecule has 0 aliphatic heterocycles. The molecule has 1 heterocycles. The summed E-state index contributed by atoms with van der Waals surface area (Å²) in [7, 11) is -3.87. The second-order valence-electron chi connectivity index (χ2n) is 6.02. The fourth-order valence-corrected chi connectivity index (χ4v) is 4.27. The fraction of sp³-hybridized carbons (Fsp3) is 0.105. The van der Waals surface area contributed by atoms with Crippen LogP contribution in [-0.2, 0) is 10.0 Å². The van der Waals surface area contributed by atoms with Crippen molar-refractivity contribution in [3.63, 3.8) is 0 Å². The summed E-state index contributed by atoms with van der Waals surface area (Å²) >= 11 is 7.27. The largest absolute Gasteiger partial charge is 0.280 e. The first-order valence-corrected chi connectivity index (χ1v) is 11.1. The molecule has 0 radical (unpaired) electrons. The number of thiazole rings is 1.